The summed E-state index contributed by atoms with van der Waals surface area (Å²) in [5, 5.41) is 20.2. The van der Waals surface area contributed by atoms with Crippen molar-refractivity contribution in [2.45, 2.75) is 38.5 Å². The second kappa shape index (κ2) is 8.12. The number of pyridine rings is 1. The molecule has 29 heavy (non-hydrogen) atoms. The lowest BCUT2D eigenvalue weighted by molar-refractivity contribution is 0.391. The Hall–Kier alpha value is -3.71. The van der Waals surface area contributed by atoms with Crippen LogP contribution in [0, 0.1) is 22.7 Å². The van der Waals surface area contributed by atoms with E-state index in [1.807, 2.05) is 44.2 Å². The summed E-state index contributed by atoms with van der Waals surface area (Å²) in [5.74, 6) is 0.642. The second-order valence-electron chi connectivity index (χ2n) is 6.83. The summed E-state index contributed by atoms with van der Waals surface area (Å²) in [6.45, 7) is 3.86. The zero-order valence-electron chi connectivity index (χ0n) is 16.6. The number of benzene rings is 1. The smallest absolute Gasteiger partial charge is 0.251 e. The predicted octanol–water partition coefficient (Wildman–Crippen LogP) is 3.17. The van der Waals surface area contributed by atoms with Gasteiger partial charge in [-0.3, -0.25) is 4.79 Å². The quantitative estimate of drug-likeness (QED) is 0.694. The minimum absolute atomic E-state index is 0.119. The van der Waals surface area contributed by atoms with Crippen LogP contribution in [0.2, 0.25) is 0 Å². The SMILES string of the molecule is CCc1cc2ccc(C(C#N)(CC)Cc3nc(C#N)cc(OC)n3)cc2[nH]c1=O. The maximum atomic E-state index is 12.2. The van der Waals surface area contributed by atoms with Crippen molar-refractivity contribution in [3.05, 3.63) is 63.3 Å². The molecule has 1 aromatic carbocycles. The Kier molecular flexibility index (Phi) is 5.61. The zero-order valence-corrected chi connectivity index (χ0v) is 16.6. The van der Waals surface area contributed by atoms with Crippen molar-refractivity contribution in [1.29, 1.82) is 10.5 Å². The molecule has 0 fully saturated rings. The van der Waals surface area contributed by atoms with Crippen LogP contribution < -0.4 is 10.3 Å². The van der Waals surface area contributed by atoms with Gasteiger partial charge in [0.2, 0.25) is 5.88 Å². The first-order valence-corrected chi connectivity index (χ1v) is 9.38. The first-order valence-electron chi connectivity index (χ1n) is 9.38. The largest absolute Gasteiger partial charge is 0.481 e. The Morgan fingerprint density at radius 1 is 1.17 bits per heavy atom. The van der Waals surface area contributed by atoms with Gasteiger partial charge in [0.1, 0.15) is 17.6 Å². The van der Waals surface area contributed by atoms with Crippen LogP contribution in [0.15, 0.2) is 35.1 Å². The molecule has 146 valence electrons. The van der Waals surface area contributed by atoms with Gasteiger partial charge in [-0.1, -0.05) is 26.0 Å². The third kappa shape index (κ3) is 3.81. The van der Waals surface area contributed by atoms with Gasteiger partial charge in [0.25, 0.3) is 5.56 Å². The number of aryl methyl sites for hydroxylation is 1. The van der Waals surface area contributed by atoms with Crippen molar-refractivity contribution in [3.63, 3.8) is 0 Å². The highest BCUT2D eigenvalue weighted by Gasteiger charge is 2.33. The number of hydrogen-bond acceptors (Lipinski definition) is 6. The summed E-state index contributed by atoms with van der Waals surface area (Å²) in [7, 11) is 1.47. The van der Waals surface area contributed by atoms with Crippen molar-refractivity contribution < 1.29 is 4.74 Å². The highest BCUT2D eigenvalue weighted by atomic mass is 16.5. The normalized spacial score (nSPS) is 12.7. The molecule has 7 nitrogen and oxygen atoms in total. The van der Waals surface area contributed by atoms with E-state index in [4.69, 9.17) is 4.74 Å². The van der Waals surface area contributed by atoms with E-state index >= 15 is 0 Å². The lowest BCUT2D eigenvalue weighted by Gasteiger charge is -2.25. The Balaban J connectivity index is 2.11. The number of hydrogen-bond donors (Lipinski definition) is 1. The molecule has 0 radical (unpaired) electrons. The van der Waals surface area contributed by atoms with Crippen LogP contribution in [0.5, 0.6) is 5.88 Å². The van der Waals surface area contributed by atoms with Crippen LogP contribution in [-0.2, 0) is 18.3 Å². The number of rotatable bonds is 6. The molecule has 0 aliphatic carbocycles. The summed E-state index contributed by atoms with van der Waals surface area (Å²) in [6, 6.07) is 13.4. The van der Waals surface area contributed by atoms with Crippen LogP contribution in [0.1, 0.15) is 42.9 Å². The Morgan fingerprint density at radius 3 is 2.59 bits per heavy atom. The van der Waals surface area contributed by atoms with Crippen LogP contribution in [-0.4, -0.2) is 22.1 Å². The number of nitrogens with one attached hydrogen (secondary N) is 1. The van der Waals surface area contributed by atoms with E-state index in [0.717, 1.165) is 16.5 Å². The second-order valence-corrected chi connectivity index (χ2v) is 6.83. The third-order valence-corrected chi connectivity index (χ3v) is 5.21. The number of methoxy groups -OCH3 is 1. The molecule has 2 heterocycles. The van der Waals surface area contributed by atoms with E-state index < -0.39 is 5.41 Å². The van der Waals surface area contributed by atoms with E-state index in [-0.39, 0.29) is 23.6 Å². The molecule has 3 rings (SSSR count). The molecular formula is C22H21N5O2. The monoisotopic (exact) mass is 387 g/mol. The molecule has 1 N–H and O–H groups in total. The van der Waals surface area contributed by atoms with E-state index in [1.165, 1.54) is 13.2 Å². The molecule has 0 aliphatic heterocycles. The topological polar surface area (TPSA) is 115 Å². The number of ether oxygens (including phenoxy) is 1. The summed E-state index contributed by atoms with van der Waals surface area (Å²) in [5.41, 5.74) is 1.33. The number of fused-ring (bicyclic) bond motifs is 1. The molecular weight excluding hydrogens is 366 g/mol. The minimum atomic E-state index is -0.909. The highest BCUT2D eigenvalue weighted by molar-refractivity contribution is 5.80. The average molecular weight is 387 g/mol. The predicted molar refractivity (Wildman–Crippen MR) is 109 cm³/mol. The Labute approximate surface area is 168 Å². The van der Waals surface area contributed by atoms with Gasteiger partial charge in [-0.05, 0) is 35.9 Å². The summed E-state index contributed by atoms with van der Waals surface area (Å²) in [6.07, 6.45) is 1.38. The fraction of sp³-hybridized carbons (Fsp3) is 0.318. The minimum Gasteiger partial charge on any atom is -0.481 e. The molecule has 2 aromatic heterocycles. The Morgan fingerprint density at radius 2 is 1.97 bits per heavy atom. The molecule has 3 aromatic rings. The lowest BCUT2D eigenvalue weighted by Crippen LogP contribution is -2.27. The van der Waals surface area contributed by atoms with E-state index in [9.17, 15) is 15.3 Å². The van der Waals surface area contributed by atoms with Crippen molar-refractivity contribution in [1.82, 2.24) is 15.0 Å². The summed E-state index contributed by atoms with van der Waals surface area (Å²) < 4.78 is 5.15. The molecule has 0 aliphatic rings. The number of nitriles is 2. The van der Waals surface area contributed by atoms with Gasteiger partial charge in [-0.15, -0.1) is 0 Å². The van der Waals surface area contributed by atoms with Gasteiger partial charge in [0.15, 0.2) is 0 Å². The standard InChI is InChI=1S/C22H21N5O2/c1-4-14-8-15-6-7-16(9-18(15)26-21(14)28)22(5-2,13-24)11-19-25-17(12-23)10-20(27-19)29-3/h6-10H,4-5,11H2,1-3H3,(H,26,28). The fourth-order valence-electron chi connectivity index (χ4n) is 3.40. The van der Waals surface area contributed by atoms with Gasteiger partial charge in [0, 0.05) is 23.6 Å². The molecule has 1 unspecified atom stereocenters. The van der Waals surface area contributed by atoms with Gasteiger partial charge in [0.05, 0.1) is 18.6 Å². The number of aromatic amines is 1. The first-order chi connectivity index (χ1) is 14.0. The van der Waals surface area contributed by atoms with Crippen molar-refractivity contribution in [2.24, 2.45) is 0 Å². The molecule has 7 heteroatoms. The van der Waals surface area contributed by atoms with E-state index in [0.29, 0.717) is 24.2 Å². The maximum absolute atomic E-state index is 12.2. The van der Waals surface area contributed by atoms with Gasteiger partial charge >= 0.3 is 0 Å². The highest BCUT2D eigenvalue weighted by Crippen LogP contribution is 2.32. The van der Waals surface area contributed by atoms with Gasteiger partial charge in [-0.25, -0.2) is 4.98 Å². The van der Waals surface area contributed by atoms with Crippen molar-refractivity contribution in [3.8, 4) is 18.0 Å². The van der Waals surface area contributed by atoms with Crippen molar-refractivity contribution >= 4 is 10.9 Å². The van der Waals surface area contributed by atoms with E-state index in [1.54, 1.807) is 0 Å². The molecule has 0 saturated carbocycles. The average Bonchev–Trinajstić information content (AvgIpc) is 2.76. The summed E-state index contributed by atoms with van der Waals surface area (Å²) >= 11 is 0. The molecule has 0 bridgehead atoms. The number of H-pyrrole nitrogens is 1. The molecule has 0 amide bonds. The fourth-order valence-corrected chi connectivity index (χ4v) is 3.40. The first kappa shape index (κ1) is 20.0. The van der Waals surface area contributed by atoms with Crippen LogP contribution >= 0.6 is 0 Å². The molecule has 1 atom stereocenters. The van der Waals surface area contributed by atoms with Crippen LogP contribution in [0.25, 0.3) is 10.9 Å². The van der Waals surface area contributed by atoms with E-state index in [2.05, 4.69) is 21.0 Å². The van der Waals surface area contributed by atoms with Gasteiger partial charge < -0.3 is 9.72 Å². The van der Waals surface area contributed by atoms with Gasteiger partial charge in [-0.2, -0.15) is 15.5 Å². The summed E-state index contributed by atoms with van der Waals surface area (Å²) in [4.78, 5) is 23.7. The maximum Gasteiger partial charge on any atom is 0.251 e. The molecule has 0 saturated heterocycles. The number of aromatic nitrogens is 3. The van der Waals surface area contributed by atoms with Crippen LogP contribution in [0.3, 0.4) is 0 Å². The molecule has 0 spiro atoms. The van der Waals surface area contributed by atoms with Crippen molar-refractivity contribution in [2.75, 3.05) is 7.11 Å². The zero-order chi connectivity index (χ0) is 21.0. The Bertz CT molecular complexity index is 1200. The lowest BCUT2D eigenvalue weighted by atomic mass is 9.76. The number of nitrogens with zero attached hydrogens (tertiary/aromatic N) is 4. The third-order valence-electron chi connectivity index (χ3n) is 5.21. The van der Waals surface area contributed by atoms with Crippen LogP contribution in [0.4, 0.5) is 0 Å².